The standard InChI is InChI=1S/C17H18N2O3/c1-11(2)21-15-9-8-12(10-16(15)20-3)18-17-19-13-6-4-5-7-14(13)22-17/h4-11H,1-3H3,(H,18,19). The molecular weight excluding hydrogens is 280 g/mol. The van der Waals surface area contributed by atoms with Crippen LogP contribution in [0.15, 0.2) is 46.9 Å². The number of para-hydroxylation sites is 2. The van der Waals surface area contributed by atoms with Crippen LogP contribution in [-0.4, -0.2) is 18.2 Å². The van der Waals surface area contributed by atoms with Gasteiger partial charge in [0.2, 0.25) is 0 Å². The van der Waals surface area contributed by atoms with Gasteiger partial charge in [-0.05, 0) is 38.1 Å². The summed E-state index contributed by atoms with van der Waals surface area (Å²) in [6, 6.07) is 13.7. The first-order valence-electron chi connectivity index (χ1n) is 7.13. The van der Waals surface area contributed by atoms with Crippen LogP contribution in [0, 0.1) is 0 Å². The average Bonchev–Trinajstić information content (AvgIpc) is 2.90. The minimum atomic E-state index is 0.0877. The largest absolute Gasteiger partial charge is 0.493 e. The summed E-state index contributed by atoms with van der Waals surface area (Å²) in [6.45, 7) is 3.95. The molecule has 22 heavy (non-hydrogen) atoms. The first kappa shape index (κ1) is 14.3. The van der Waals surface area contributed by atoms with E-state index in [9.17, 15) is 0 Å². The highest BCUT2D eigenvalue weighted by Crippen LogP contribution is 2.32. The maximum absolute atomic E-state index is 5.70. The first-order chi connectivity index (χ1) is 10.7. The minimum absolute atomic E-state index is 0.0877. The van der Waals surface area contributed by atoms with Gasteiger partial charge in [-0.2, -0.15) is 4.98 Å². The van der Waals surface area contributed by atoms with Gasteiger partial charge in [-0.3, -0.25) is 0 Å². The predicted molar refractivity (Wildman–Crippen MR) is 86.0 cm³/mol. The number of rotatable bonds is 5. The fourth-order valence-corrected chi connectivity index (χ4v) is 2.15. The van der Waals surface area contributed by atoms with E-state index in [2.05, 4.69) is 10.3 Å². The second kappa shape index (κ2) is 5.97. The van der Waals surface area contributed by atoms with Gasteiger partial charge in [0.15, 0.2) is 17.1 Å². The lowest BCUT2D eigenvalue weighted by Crippen LogP contribution is -2.06. The topological polar surface area (TPSA) is 56.5 Å². The Morgan fingerprint density at radius 2 is 1.91 bits per heavy atom. The van der Waals surface area contributed by atoms with Crippen LogP contribution >= 0.6 is 0 Å². The van der Waals surface area contributed by atoms with Crippen molar-refractivity contribution >= 4 is 22.8 Å². The zero-order chi connectivity index (χ0) is 15.5. The molecule has 1 N–H and O–H groups in total. The lowest BCUT2D eigenvalue weighted by Gasteiger charge is -2.14. The molecule has 0 radical (unpaired) electrons. The van der Waals surface area contributed by atoms with Crippen molar-refractivity contribution < 1.29 is 13.9 Å². The highest BCUT2D eigenvalue weighted by Gasteiger charge is 2.10. The Morgan fingerprint density at radius 3 is 2.64 bits per heavy atom. The van der Waals surface area contributed by atoms with E-state index in [1.165, 1.54) is 0 Å². The number of nitrogens with zero attached hydrogens (tertiary/aromatic N) is 1. The van der Waals surface area contributed by atoms with Crippen molar-refractivity contribution in [3.8, 4) is 11.5 Å². The van der Waals surface area contributed by atoms with Gasteiger partial charge < -0.3 is 19.2 Å². The second-order valence-corrected chi connectivity index (χ2v) is 5.14. The summed E-state index contributed by atoms with van der Waals surface area (Å²) >= 11 is 0. The van der Waals surface area contributed by atoms with Crippen LogP contribution in [0.1, 0.15) is 13.8 Å². The molecule has 0 spiro atoms. The van der Waals surface area contributed by atoms with Crippen LogP contribution in [0.5, 0.6) is 11.5 Å². The fraction of sp³-hybridized carbons (Fsp3) is 0.235. The zero-order valence-corrected chi connectivity index (χ0v) is 12.8. The number of anilines is 2. The predicted octanol–water partition coefficient (Wildman–Crippen LogP) is 4.37. The van der Waals surface area contributed by atoms with E-state index in [1.54, 1.807) is 7.11 Å². The van der Waals surface area contributed by atoms with Crippen LogP contribution < -0.4 is 14.8 Å². The molecule has 5 nitrogen and oxygen atoms in total. The molecule has 1 heterocycles. The minimum Gasteiger partial charge on any atom is -0.493 e. The van der Waals surface area contributed by atoms with Crippen LogP contribution in [0.3, 0.4) is 0 Å². The molecule has 0 aliphatic carbocycles. The fourth-order valence-electron chi connectivity index (χ4n) is 2.15. The molecule has 0 atom stereocenters. The molecule has 5 heteroatoms. The Morgan fingerprint density at radius 1 is 1.09 bits per heavy atom. The van der Waals surface area contributed by atoms with Gasteiger partial charge in [-0.1, -0.05) is 12.1 Å². The van der Waals surface area contributed by atoms with Crippen molar-refractivity contribution in [2.75, 3.05) is 12.4 Å². The van der Waals surface area contributed by atoms with Gasteiger partial charge in [-0.25, -0.2) is 0 Å². The summed E-state index contributed by atoms with van der Waals surface area (Å²) in [7, 11) is 1.62. The average molecular weight is 298 g/mol. The van der Waals surface area contributed by atoms with Crippen molar-refractivity contribution in [1.29, 1.82) is 0 Å². The van der Waals surface area contributed by atoms with Crippen LogP contribution in [-0.2, 0) is 0 Å². The number of fused-ring (bicyclic) bond motifs is 1. The maximum atomic E-state index is 5.70. The Kier molecular flexibility index (Phi) is 3.87. The summed E-state index contributed by atoms with van der Waals surface area (Å²) in [6.07, 6.45) is 0.0877. The van der Waals surface area contributed by atoms with E-state index in [0.29, 0.717) is 17.5 Å². The molecule has 0 amide bonds. The number of methoxy groups -OCH3 is 1. The van der Waals surface area contributed by atoms with Crippen LogP contribution in [0.25, 0.3) is 11.1 Å². The van der Waals surface area contributed by atoms with E-state index in [4.69, 9.17) is 13.9 Å². The van der Waals surface area contributed by atoms with Gasteiger partial charge in [0, 0.05) is 11.8 Å². The molecule has 0 aliphatic heterocycles. The number of ether oxygens (including phenoxy) is 2. The van der Waals surface area contributed by atoms with Gasteiger partial charge in [-0.15, -0.1) is 0 Å². The number of hydrogen-bond acceptors (Lipinski definition) is 5. The molecular formula is C17H18N2O3. The Labute approximate surface area is 128 Å². The second-order valence-electron chi connectivity index (χ2n) is 5.14. The van der Waals surface area contributed by atoms with Crippen molar-refractivity contribution in [3.63, 3.8) is 0 Å². The highest BCUT2D eigenvalue weighted by molar-refractivity contribution is 5.75. The first-order valence-corrected chi connectivity index (χ1v) is 7.13. The Bertz CT molecular complexity index is 747. The lowest BCUT2D eigenvalue weighted by atomic mass is 10.2. The normalized spacial score (nSPS) is 10.9. The maximum Gasteiger partial charge on any atom is 0.300 e. The summed E-state index contributed by atoms with van der Waals surface area (Å²) < 4.78 is 16.7. The third kappa shape index (κ3) is 2.98. The van der Waals surface area contributed by atoms with E-state index >= 15 is 0 Å². The summed E-state index contributed by atoms with van der Waals surface area (Å²) in [5, 5.41) is 3.14. The van der Waals surface area contributed by atoms with Crippen molar-refractivity contribution in [2.24, 2.45) is 0 Å². The lowest BCUT2D eigenvalue weighted by molar-refractivity contribution is 0.230. The number of benzene rings is 2. The molecule has 3 rings (SSSR count). The molecule has 0 bridgehead atoms. The molecule has 1 aromatic heterocycles. The number of aromatic nitrogens is 1. The summed E-state index contributed by atoms with van der Waals surface area (Å²) in [4.78, 5) is 4.38. The van der Waals surface area contributed by atoms with Gasteiger partial charge >= 0.3 is 0 Å². The quantitative estimate of drug-likeness (QED) is 0.758. The molecule has 0 fully saturated rings. The third-order valence-electron chi connectivity index (χ3n) is 3.07. The van der Waals surface area contributed by atoms with Crippen LogP contribution in [0.2, 0.25) is 0 Å². The van der Waals surface area contributed by atoms with Crippen molar-refractivity contribution in [2.45, 2.75) is 20.0 Å². The number of nitrogens with one attached hydrogen (secondary N) is 1. The monoisotopic (exact) mass is 298 g/mol. The Balaban J connectivity index is 1.85. The Hall–Kier alpha value is -2.69. The smallest absolute Gasteiger partial charge is 0.300 e. The SMILES string of the molecule is COc1cc(Nc2nc3ccccc3o2)ccc1OC(C)C. The molecule has 0 aliphatic rings. The zero-order valence-electron chi connectivity index (χ0n) is 12.8. The van der Waals surface area contributed by atoms with Crippen LogP contribution in [0.4, 0.5) is 11.7 Å². The van der Waals surface area contributed by atoms with E-state index in [-0.39, 0.29) is 6.10 Å². The number of oxazole rings is 1. The van der Waals surface area contributed by atoms with E-state index in [0.717, 1.165) is 16.8 Å². The molecule has 0 unspecified atom stereocenters. The van der Waals surface area contributed by atoms with Gasteiger partial charge in [0.05, 0.1) is 13.2 Å². The van der Waals surface area contributed by atoms with Gasteiger partial charge in [0.25, 0.3) is 6.01 Å². The molecule has 3 aromatic rings. The summed E-state index contributed by atoms with van der Waals surface area (Å²) in [5.74, 6) is 1.37. The van der Waals surface area contributed by atoms with E-state index < -0.39 is 0 Å². The van der Waals surface area contributed by atoms with E-state index in [1.807, 2.05) is 56.3 Å². The third-order valence-corrected chi connectivity index (χ3v) is 3.07. The summed E-state index contributed by atoms with van der Waals surface area (Å²) in [5.41, 5.74) is 2.38. The van der Waals surface area contributed by atoms with Crippen molar-refractivity contribution in [3.05, 3.63) is 42.5 Å². The number of hydrogen-bond donors (Lipinski definition) is 1. The molecule has 0 saturated carbocycles. The molecule has 114 valence electrons. The van der Waals surface area contributed by atoms with Crippen molar-refractivity contribution in [1.82, 2.24) is 4.98 Å². The highest BCUT2D eigenvalue weighted by atomic mass is 16.5. The molecule has 0 saturated heterocycles. The molecule has 2 aromatic carbocycles. The van der Waals surface area contributed by atoms with Gasteiger partial charge in [0.1, 0.15) is 5.52 Å².